The SMILES string of the molecule is CCc1nn(C)c(C=C2CNC2)c1Cl. The first-order valence-electron chi connectivity index (χ1n) is 4.84. The van der Waals surface area contributed by atoms with Gasteiger partial charge in [-0.25, -0.2) is 0 Å². The van der Waals surface area contributed by atoms with Crippen LogP contribution in [0.3, 0.4) is 0 Å². The first-order valence-corrected chi connectivity index (χ1v) is 5.21. The van der Waals surface area contributed by atoms with Crippen LogP contribution in [0.4, 0.5) is 0 Å². The second kappa shape index (κ2) is 3.75. The standard InChI is InChI=1S/C10H14ClN3/c1-3-8-10(11)9(14(2)13-8)4-7-5-12-6-7/h4,12H,3,5-6H2,1-2H3. The summed E-state index contributed by atoms with van der Waals surface area (Å²) in [6.07, 6.45) is 3.01. The second-order valence-electron chi connectivity index (χ2n) is 3.53. The smallest absolute Gasteiger partial charge is 0.0891 e. The first kappa shape index (κ1) is 9.74. The number of aryl methyl sites for hydroxylation is 2. The van der Waals surface area contributed by atoms with Crippen molar-refractivity contribution in [3.63, 3.8) is 0 Å². The van der Waals surface area contributed by atoms with Gasteiger partial charge in [0.2, 0.25) is 0 Å². The quantitative estimate of drug-likeness (QED) is 0.806. The highest BCUT2D eigenvalue weighted by molar-refractivity contribution is 6.32. The van der Waals surface area contributed by atoms with Crippen LogP contribution in [0.15, 0.2) is 5.57 Å². The fraction of sp³-hybridized carbons (Fsp3) is 0.500. The van der Waals surface area contributed by atoms with Crippen molar-refractivity contribution in [2.75, 3.05) is 13.1 Å². The molecule has 1 fully saturated rings. The number of hydrogen-bond donors (Lipinski definition) is 1. The molecule has 4 heteroatoms. The van der Waals surface area contributed by atoms with Crippen molar-refractivity contribution in [2.45, 2.75) is 13.3 Å². The third-order valence-corrected chi connectivity index (χ3v) is 2.89. The molecule has 76 valence electrons. The lowest BCUT2D eigenvalue weighted by molar-refractivity contribution is 0.671. The molecule has 0 bridgehead atoms. The van der Waals surface area contributed by atoms with Gasteiger partial charge in [0.1, 0.15) is 0 Å². The van der Waals surface area contributed by atoms with Gasteiger partial charge < -0.3 is 5.32 Å². The topological polar surface area (TPSA) is 29.9 Å². The molecule has 0 radical (unpaired) electrons. The monoisotopic (exact) mass is 211 g/mol. The van der Waals surface area contributed by atoms with E-state index in [1.165, 1.54) is 5.57 Å². The number of nitrogens with zero attached hydrogens (tertiary/aromatic N) is 2. The molecule has 0 atom stereocenters. The van der Waals surface area contributed by atoms with Crippen molar-refractivity contribution < 1.29 is 0 Å². The Kier molecular flexibility index (Phi) is 2.61. The molecule has 2 heterocycles. The lowest BCUT2D eigenvalue weighted by atomic mass is 10.1. The average Bonchev–Trinajstić information content (AvgIpc) is 2.36. The van der Waals surface area contributed by atoms with Gasteiger partial charge >= 0.3 is 0 Å². The lowest BCUT2D eigenvalue weighted by Crippen LogP contribution is -2.33. The largest absolute Gasteiger partial charge is 0.309 e. The van der Waals surface area contributed by atoms with Crippen molar-refractivity contribution in [3.8, 4) is 0 Å². The summed E-state index contributed by atoms with van der Waals surface area (Å²) in [6.45, 7) is 4.02. The van der Waals surface area contributed by atoms with Crippen LogP contribution in [0.1, 0.15) is 18.3 Å². The summed E-state index contributed by atoms with van der Waals surface area (Å²) in [5, 5.41) is 8.36. The van der Waals surface area contributed by atoms with E-state index in [0.29, 0.717) is 0 Å². The molecule has 1 aliphatic heterocycles. The average molecular weight is 212 g/mol. The minimum Gasteiger partial charge on any atom is -0.309 e. The Labute approximate surface area is 88.8 Å². The molecule has 0 spiro atoms. The number of halogens is 1. The summed E-state index contributed by atoms with van der Waals surface area (Å²) in [5.41, 5.74) is 3.39. The fourth-order valence-electron chi connectivity index (χ4n) is 1.52. The Morgan fingerprint density at radius 3 is 2.71 bits per heavy atom. The second-order valence-corrected chi connectivity index (χ2v) is 3.91. The Hall–Kier alpha value is -0.800. The van der Waals surface area contributed by atoms with Crippen LogP contribution in [0, 0.1) is 0 Å². The molecule has 0 amide bonds. The van der Waals surface area contributed by atoms with Gasteiger partial charge in [-0.3, -0.25) is 4.68 Å². The van der Waals surface area contributed by atoms with Gasteiger partial charge in [-0.15, -0.1) is 0 Å². The zero-order valence-electron chi connectivity index (χ0n) is 8.47. The van der Waals surface area contributed by atoms with Gasteiger partial charge in [-0.2, -0.15) is 5.10 Å². The van der Waals surface area contributed by atoms with Crippen LogP contribution in [0.2, 0.25) is 5.02 Å². The highest BCUT2D eigenvalue weighted by Gasteiger charge is 2.13. The van der Waals surface area contributed by atoms with Crippen molar-refractivity contribution in [3.05, 3.63) is 22.0 Å². The number of aromatic nitrogens is 2. The Morgan fingerprint density at radius 1 is 1.57 bits per heavy atom. The highest BCUT2D eigenvalue weighted by atomic mass is 35.5. The van der Waals surface area contributed by atoms with Gasteiger partial charge in [-0.05, 0) is 18.1 Å². The van der Waals surface area contributed by atoms with Gasteiger partial charge in [-0.1, -0.05) is 18.5 Å². The van der Waals surface area contributed by atoms with Crippen molar-refractivity contribution in [2.24, 2.45) is 7.05 Å². The Balaban J connectivity index is 2.36. The zero-order valence-corrected chi connectivity index (χ0v) is 9.23. The van der Waals surface area contributed by atoms with Crippen LogP contribution in [0.5, 0.6) is 0 Å². The maximum Gasteiger partial charge on any atom is 0.0891 e. The summed E-state index contributed by atoms with van der Waals surface area (Å²) < 4.78 is 1.85. The van der Waals surface area contributed by atoms with E-state index < -0.39 is 0 Å². The Bertz CT molecular complexity index is 373. The summed E-state index contributed by atoms with van der Waals surface area (Å²) >= 11 is 6.21. The van der Waals surface area contributed by atoms with E-state index in [-0.39, 0.29) is 0 Å². The fourth-order valence-corrected chi connectivity index (χ4v) is 1.86. The highest BCUT2D eigenvalue weighted by Crippen LogP contribution is 2.23. The number of nitrogens with one attached hydrogen (secondary N) is 1. The summed E-state index contributed by atoms with van der Waals surface area (Å²) in [4.78, 5) is 0. The van der Waals surface area contributed by atoms with Crippen LogP contribution in [-0.4, -0.2) is 22.9 Å². The predicted molar refractivity (Wildman–Crippen MR) is 58.4 cm³/mol. The minimum absolute atomic E-state index is 0.800. The van der Waals surface area contributed by atoms with Gasteiger partial charge in [0.25, 0.3) is 0 Å². The van der Waals surface area contributed by atoms with Crippen LogP contribution in [-0.2, 0) is 13.5 Å². The molecular formula is C10H14ClN3. The first-order chi connectivity index (χ1) is 6.72. The predicted octanol–water partition coefficient (Wildman–Crippen LogP) is 1.62. The minimum atomic E-state index is 0.800. The van der Waals surface area contributed by atoms with Gasteiger partial charge in [0.15, 0.2) is 0 Å². The van der Waals surface area contributed by atoms with E-state index in [2.05, 4.69) is 23.4 Å². The number of rotatable bonds is 2. The van der Waals surface area contributed by atoms with Crippen molar-refractivity contribution in [1.29, 1.82) is 0 Å². The maximum atomic E-state index is 6.21. The molecule has 0 saturated carbocycles. The third kappa shape index (κ3) is 1.57. The van der Waals surface area contributed by atoms with Gasteiger partial charge in [0, 0.05) is 20.1 Å². The van der Waals surface area contributed by atoms with Crippen molar-refractivity contribution >= 4 is 17.7 Å². The van der Waals surface area contributed by atoms with Crippen LogP contribution >= 0.6 is 11.6 Å². The molecule has 3 nitrogen and oxygen atoms in total. The molecule has 1 aromatic rings. The molecule has 1 aliphatic rings. The summed E-state index contributed by atoms with van der Waals surface area (Å²) in [6, 6.07) is 0. The molecule has 14 heavy (non-hydrogen) atoms. The molecule has 1 aromatic heterocycles. The van der Waals surface area contributed by atoms with Crippen molar-refractivity contribution in [1.82, 2.24) is 15.1 Å². The lowest BCUT2D eigenvalue weighted by Gasteiger charge is -2.18. The van der Waals surface area contributed by atoms with Crippen LogP contribution < -0.4 is 5.32 Å². The van der Waals surface area contributed by atoms with E-state index in [4.69, 9.17) is 11.6 Å². The zero-order chi connectivity index (χ0) is 10.1. The normalized spacial score (nSPS) is 15.5. The third-order valence-electron chi connectivity index (χ3n) is 2.48. The van der Waals surface area contributed by atoms with Gasteiger partial charge in [0.05, 0.1) is 16.4 Å². The molecule has 1 N–H and O–H groups in total. The molecule has 1 saturated heterocycles. The van der Waals surface area contributed by atoms with E-state index in [0.717, 1.165) is 35.9 Å². The Morgan fingerprint density at radius 2 is 2.29 bits per heavy atom. The summed E-state index contributed by atoms with van der Waals surface area (Å²) in [7, 11) is 1.93. The van der Waals surface area contributed by atoms with Crippen LogP contribution in [0.25, 0.3) is 6.08 Å². The molecule has 0 aliphatic carbocycles. The molecule has 0 unspecified atom stereocenters. The molecule has 2 rings (SSSR count). The van der Waals surface area contributed by atoms with E-state index in [1.54, 1.807) is 0 Å². The van der Waals surface area contributed by atoms with E-state index in [9.17, 15) is 0 Å². The molecular weight excluding hydrogens is 198 g/mol. The van der Waals surface area contributed by atoms with E-state index in [1.807, 2.05) is 11.7 Å². The molecule has 0 aromatic carbocycles. The maximum absolute atomic E-state index is 6.21. The van der Waals surface area contributed by atoms with E-state index >= 15 is 0 Å². The summed E-state index contributed by atoms with van der Waals surface area (Å²) in [5.74, 6) is 0. The number of hydrogen-bond acceptors (Lipinski definition) is 2.